The van der Waals surface area contributed by atoms with E-state index < -0.39 is 11.9 Å². The lowest BCUT2D eigenvalue weighted by atomic mass is 9.92. The van der Waals surface area contributed by atoms with Gasteiger partial charge in [0.1, 0.15) is 5.75 Å². The molecule has 4 rings (SSSR count). The first-order valence-corrected chi connectivity index (χ1v) is 8.83. The summed E-state index contributed by atoms with van der Waals surface area (Å²) in [6.45, 7) is 0.792. The van der Waals surface area contributed by atoms with Crippen molar-refractivity contribution in [3.63, 3.8) is 0 Å². The molecule has 0 radical (unpaired) electrons. The van der Waals surface area contributed by atoms with E-state index in [2.05, 4.69) is 4.98 Å². The molecular formula is C20H20N2O4. The van der Waals surface area contributed by atoms with Crippen molar-refractivity contribution in [3.05, 3.63) is 54.2 Å². The first kappa shape index (κ1) is 16.6. The van der Waals surface area contributed by atoms with E-state index in [9.17, 15) is 14.7 Å². The number of amides is 1. The summed E-state index contributed by atoms with van der Waals surface area (Å²) in [4.78, 5) is 30.1. The maximum atomic E-state index is 12.7. The number of carboxylic acids is 1. The molecule has 1 aliphatic carbocycles. The molecule has 6 heteroatoms. The third-order valence-electron chi connectivity index (χ3n) is 5.15. The van der Waals surface area contributed by atoms with Gasteiger partial charge in [-0.1, -0.05) is 18.2 Å². The van der Waals surface area contributed by atoms with E-state index in [1.54, 1.807) is 17.0 Å². The van der Waals surface area contributed by atoms with Crippen LogP contribution < -0.4 is 4.74 Å². The molecule has 2 atom stereocenters. The number of para-hydroxylation sites is 1. The van der Waals surface area contributed by atoms with Crippen LogP contribution in [-0.4, -0.2) is 40.0 Å². The summed E-state index contributed by atoms with van der Waals surface area (Å²) in [7, 11) is 0. The monoisotopic (exact) mass is 352 g/mol. The molecule has 0 spiro atoms. The molecule has 1 aromatic carbocycles. The number of nitrogens with zero attached hydrogens (tertiary/aromatic N) is 2. The van der Waals surface area contributed by atoms with Gasteiger partial charge in [0, 0.05) is 25.4 Å². The van der Waals surface area contributed by atoms with Gasteiger partial charge in [-0.2, -0.15) is 0 Å². The number of benzene rings is 1. The summed E-state index contributed by atoms with van der Waals surface area (Å²) in [6, 6.07) is 12.6. The summed E-state index contributed by atoms with van der Waals surface area (Å²) in [6.07, 6.45) is 3.63. The SMILES string of the molecule is O=C(O)[C@H]1CN(C(=O)c2ccc(Oc3ccccc3)nc2)C[C@@H]1C1CC1. The van der Waals surface area contributed by atoms with Crippen LogP contribution in [0.4, 0.5) is 0 Å². The molecule has 2 aromatic rings. The third kappa shape index (κ3) is 3.40. The van der Waals surface area contributed by atoms with Crippen LogP contribution in [0.3, 0.4) is 0 Å². The Morgan fingerprint density at radius 1 is 1.08 bits per heavy atom. The summed E-state index contributed by atoms with van der Waals surface area (Å²) in [5.74, 6) is 0.183. The number of hydrogen-bond donors (Lipinski definition) is 1. The fourth-order valence-corrected chi connectivity index (χ4v) is 3.62. The van der Waals surface area contributed by atoms with Gasteiger partial charge in [0.25, 0.3) is 5.91 Å². The number of pyridine rings is 1. The Morgan fingerprint density at radius 3 is 2.46 bits per heavy atom. The highest BCUT2D eigenvalue weighted by molar-refractivity contribution is 5.94. The molecule has 1 N–H and O–H groups in total. The van der Waals surface area contributed by atoms with Crippen molar-refractivity contribution in [2.45, 2.75) is 12.8 Å². The Hall–Kier alpha value is -2.89. The largest absolute Gasteiger partial charge is 0.481 e. The van der Waals surface area contributed by atoms with Crippen LogP contribution in [0.1, 0.15) is 23.2 Å². The minimum Gasteiger partial charge on any atom is -0.481 e. The lowest BCUT2D eigenvalue weighted by Crippen LogP contribution is -2.30. The standard InChI is InChI=1S/C20H20N2O4/c23-19(22-11-16(13-6-7-13)17(12-22)20(24)25)14-8-9-18(21-10-14)26-15-4-2-1-3-5-15/h1-5,8-10,13,16-17H,6-7,11-12H2,(H,24,25)/t16-,17+/m1/s1. The first-order chi connectivity index (χ1) is 12.6. The van der Waals surface area contributed by atoms with E-state index in [0.29, 0.717) is 29.7 Å². The van der Waals surface area contributed by atoms with Crippen LogP contribution in [0, 0.1) is 17.8 Å². The molecule has 1 saturated heterocycles. The number of ether oxygens (including phenoxy) is 1. The number of aliphatic carboxylic acids is 1. The van der Waals surface area contributed by atoms with E-state index in [-0.39, 0.29) is 18.4 Å². The van der Waals surface area contributed by atoms with Crippen LogP contribution >= 0.6 is 0 Å². The highest BCUT2D eigenvalue weighted by Gasteiger charge is 2.46. The highest BCUT2D eigenvalue weighted by atomic mass is 16.5. The Balaban J connectivity index is 1.44. The predicted octanol–water partition coefficient (Wildman–Crippen LogP) is 3.06. The molecule has 0 unspecified atom stereocenters. The van der Waals surface area contributed by atoms with Crippen LogP contribution in [0.5, 0.6) is 11.6 Å². The number of likely N-dealkylation sites (tertiary alicyclic amines) is 1. The Labute approximate surface area is 151 Å². The van der Waals surface area contributed by atoms with E-state index in [1.165, 1.54) is 6.20 Å². The van der Waals surface area contributed by atoms with Crippen molar-refractivity contribution >= 4 is 11.9 Å². The normalized spacial score (nSPS) is 22.2. The molecule has 2 heterocycles. The molecule has 0 bridgehead atoms. The van der Waals surface area contributed by atoms with Gasteiger partial charge >= 0.3 is 5.97 Å². The van der Waals surface area contributed by atoms with Crippen LogP contribution in [0.25, 0.3) is 0 Å². The quantitative estimate of drug-likeness (QED) is 0.895. The van der Waals surface area contributed by atoms with Gasteiger partial charge in [0.15, 0.2) is 0 Å². The van der Waals surface area contributed by atoms with Crippen molar-refractivity contribution in [2.24, 2.45) is 17.8 Å². The highest BCUT2D eigenvalue weighted by Crippen LogP contribution is 2.44. The van der Waals surface area contributed by atoms with Gasteiger partial charge in [0.05, 0.1) is 11.5 Å². The maximum absolute atomic E-state index is 12.7. The Morgan fingerprint density at radius 2 is 1.85 bits per heavy atom. The number of rotatable bonds is 5. The maximum Gasteiger partial charge on any atom is 0.308 e. The fourth-order valence-electron chi connectivity index (χ4n) is 3.62. The number of carboxylic acid groups (broad SMARTS) is 1. The zero-order valence-corrected chi connectivity index (χ0v) is 14.2. The van der Waals surface area contributed by atoms with Crippen LogP contribution in [-0.2, 0) is 4.79 Å². The minimum atomic E-state index is -0.804. The molecule has 2 fully saturated rings. The summed E-state index contributed by atoms with van der Waals surface area (Å²) in [5, 5.41) is 9.44. The van der Waals surface area contributed by atoms with Gasteiger partial charge < -0.3 is 14.7 Å². The molecule has 26 heavy (non-hydrogen) atoms. The van der Waals surface area contributed by atoms with Crippen molar-refractivity contribution < 1.29 is 19.4 Å². The fraction of sp³-hybridized carbons (Fsp3) is 0.350. The summed E-state index contributed by atoms with van der Waals surface area (Å²) >= 11 is 0. The molecule has 2 aliphatic rings. The average molecular weight is 352 g/mol. The number of aromatic nitrogens is 1. The van der Waals surface area contributed by atoms with Crippen molar-refractivity contribution in [3.8, 4) is 11.6 Å². The van der Waals surface area contributed by atoms with Gasteiger partial charge in [-0.15, -0.1) is 0 Å². The molecule has 1 amide bonds. The zero-order valence-electron chi connectivity index (χ0n) is 14.2. The van der Waals surface area contributed by atoms with E-state index >= 15 is 0 Å². The second-order valence-corrected chi connectivity index (χ2v) is 6.96. The summed E-state index contributed by atoms with van der Waals surface area (Å²) < 4.78 is 5.63. The van der Waals surface area contributed by atoms with Gasteiger partial charge in [-0.25, -0.2) is 4.98 Å². The average Bonchev–Trinajstić information content (AvgIpc) is 3.40. The second-order valence-electron chi connectivity index (χ2n) is 6.96. The number of carbonyl (C=O) groups is 2. The molecule has 134 valence electrons. The predicted molar refractivity (Wildman–Crippen MR) is 94.0 cm³/mol. The Kier molecular flexibility index (Phi) is 4.32. The molecular weight excluding hydrogens is 332 g/mol. The van der Waals surface area contributed by atoms with E-state index in [0.717, 1.165) is 12.8 Å². The number of hydrogen-bond acceptors (Lipinski definition) is 4. The lowest BCUT2D eigenvalue weighted by molar-refractivity contribution is -0.142. The number of carbonyl (C=O) groups excluding carboxylic acids is 1. The molecule has 1 saturated carbocycles. The summed E-state index contributed by atoms with van der Waals surface area (Å²) in [5.41, 5.74) is 0.450. The minimum absolute atomic E-state index is 0.0742. The van der Waals surface area contributed by atoms with Gasteiger partial charge in [0.2, 0.25) is 5.88 Å². The van der Waals surface area contributed by atoms with Crippen LogP contribution in [0.2, 0.25) is 0 Å². The topological polar surface area (TPSA) is 79.7 Å². The third-order valence-corrected chi connectivity index (χ3v) is 5.15. The van der Waals surface area contributed by atoms with Gasteiger partial charge in [-0.05, 0) is 42.9 Å². The molecule has 1 aromatic heterocycles. The smallest absolute Gasteiger partial charge is 0.308 e. The molecule has 1 aliphatic heterocycles. The van der Waals surface area contributed by atoms with E-state index in [4.69, 9.17) is 4.74 Å². The zero-order chi connectivity index (χ0) is 18.1. The Bertz CT molecular complexity index is 802. The van der Waals surface area contributed by atoms with Crippen molar-refractivity contribution in [2.75, 3.05) is 13.1 Å². The molecule has 6 nitrogen and oxygen atoms in total. The second kappa shape index (κ2) is 6.78. The van der Waals surface area contributed by atoms with Crippen molar-refractivity contribution in [1.82, 2.24) is 9.88 Å². The van der Waals surface area contributed by atoms with Crippen LogP contribution in [0.15, 0.2) is 48.7 Å². The first-order valence-electron chi connectivity index (χ1n) is 8.83. The lowest BCUT2D eigenvalue weighted by Gasteiger charge is -2.16. The van der Waals surface area contributed by atoms with Gasteiger partial charge in [-0.3, -0.25) is 9.59 Å². The van der Waals surface area contributed by atoms with E-state index in [1.807, 2.05) is 30.3 Å². The van der Waals surface area contributed by atoms with Crippen molar-refractivity contribution in [1.29, 1.82) is 0 Å².